The van der Waals surface area contributed by atoms with E-state index in [2.05, 4.69) is 16.8 Å². The first kappa shape index (κ1) is 16.4. The lowest BCUT2D eigenvalue weighted by Gasteiger charge is -2.35. The Morgan fingerprint density at radius 3 is 2.35 bits per heavy atom. The maximum atomic E-state index is 12.9. The van der Waals surface area contributed by atoms with Crippen LogP contribution in [0, 0.1) is 34.5 Å². The number of hydrogen-bond donors (Lipinski definition) is 0. The van der Waals surface area contributed by atoms with Gasteiger partial charge in [-0.3, -0.25) is 9.69 Å². The molecular weight excluding hydrogens is 324 g/mol. The van der Waals surface area contributed by atoms with E-state index in [1.54, 1.807) is 0 Å². The largest absolute Gasteiger partial charge is 0.461 e. The number of ether oxygens (including phenoxy) is 1. The molecule has 0 N–H and O–H groups in total. The molecule has 6 aliphatic rings. The van der Waals surface area contributed by atoms with E-state index in [-0.39, 0.29) is 18.0 Å². The molecule has 0 aromatic carbocycles. The zero-order chi connectivity index (χ0) is 17.5. The predicted molar refractivity (Wildman–Crippen MR) is 99.6 cm³/mol. The second-order valence-electron chi connectivity index (χ2n) is 10.7. The van der Waals surface area contributed by atoms with Crippen LogP contribution in [-0.4, -0.2) is 61.6 Å². The van der Waals surface area contributed by atoms with Gasteiger partial charge in [0.25, 0.3) is 0 Å². The van der Waals surface area contributed by atoms with Crippen LogP contribution in [0.3, 0.4) is 0 Å². The Bertz CT molecular complexity index is 603. The van der Waals surface area contributed by atoms with Crippen LogP contribution in [0.15, 0.2) is 0 Å². The molecule has 0 bridgehead atoms. The van der Waals surface area contributed by atoms with Crippen LogP contribution in [0.4, 0.5) is 0 Å². The van der Waals surface area contributed by atoms with Crippen LogP contribution < -0.4 is 0 Å². The molecule has 0 aromatic rings. The molecule has 4 nitrogen and oxygen atoms in total. The van der Waals surface area contributed by atoms with Crippen molar-refractivity contribution in [2.45, 2.75) is 57.5 Å². The predicted octanol–water partition coefficient (Wildman–Crippen LogP) is 2.77. The number of hydrogen-bond acceptors (Lipinski definition) is 4. The van der Waals surface area contributed by atoms with Gasteiger partial charge in [0.05, 0.1) is 5.92 Å². The minimum Gasteiger partial charge on any atom is -0.461 e. The van der Waals surface area contributed by atoms with E-state index in [1.165, 1.54) is 51.4 Å². The van der Waals surface area contributed by atoms with Crippen LogP contribution in [0.25, 0.3) is 0 Å². The number of nitrogens with zero attached hydrogens (tertiary/aromatic N) is 2. The number of fused-ring (bicyclic) bond motifs is 5. The third-order valence-electron chi connectivity index (χ3n) is 9.54. The zero-order valence-electron chi connectivity index (χ0n) is 16.3. The maximum Gasteiger partial charge on any atom is 0.310 e. The quantitative estimate of drug-likeness (QED) is 0.711. The first-order valence-electron chi connectivity index (χ1n) is 11.2. The number of piperazine rings is 1. The molecule has 5 atom stereocenters. The van der Waals surface area contributed by atoms with Crippen molar-refractivity contribution in [2.75, 3.05) is 39.8 Å². The third-order valence-corrected chi connectivity index (χ3v) is 9.54. The van der Waals surface area contributed by atoms with Gasteiger partial charge in [0.1, 0.15) is 6.10 Å². The maximum absolute atomic E-state index is 12.9. The summed E-state index contributed by atoms with van der Waals surface area (Å²) < 4.78 is 6.26. The van der Waals surface area contributed by atoms with Crippen LogP contribution >= 0.6 is 0 Å². The molecule has 4 aliphatic carbocycles. The Balaban J connectivity index is 1.26. The van der Waals surface area contributed by atoms with Crippen molar-refractivity contribution in [1.82, 2.24) is 9.80 Å². The van der Waals surface area contributed by atoms with E-state index in [4.69, 9.17) is 4.74 Å². The van der Waals surface area contributed by atoms with Crippen LogP contribution in [0.1, 0.15) is 51.4 Å². The average molecular weight is 359 g/mol. The minimum atomic E-state index is 0.145. The first-order chi connectivity index (χ1) is 12.6. The van der Waals surface area contributed by atoms with Gasteiger partial charge in [-0.1, -0.05) is 0 Å². The highest BCUT2D eigenvalue weighted by Gasteiger charge is 2.69. The van der Waals surface area contributed by atoms with E-state index in [0.717, 1.165) is 38.6 Å². The number of esters is 1. The molecule has 2 heterocycles. The number of carbonyl (C=O) groups excluding carboxylic acids is 1. The highest BCUT2D eigenvalue weighted by Crippen LogP contribution is 2.74. The Labute approximate surface area is 157 Å². The Morgan fingerprint density at radius 2 is 1.65 bits per heavy atom. The molecule has 26 heavy (non-hydrogen) atoms. The molecule has 6 rings (SSSR count). The van der Waals surface area contributed by atoms with Crippen molar-refractivity contribution in [2.24, 2.45) is 34.5 Å². The van der Waals surface area contributed by atoms with Crippen molar-refractivity contribution in [3.63, 3.8) is 0 Å². The summed E-state index contributed by atoms with van der Waals surface area (Å²) in [5, 5.41) is 0. The van der Waals surface area contributed by atoms with Gasteiger partial charge in [0.2, 0.25) is 0 Å². The molecule has 4 saturated carbocycles. The molecule has 6 fully saturated rings. The molecular formula is C22H34N2O2. The van der Waals surface area contributed by atoms with Gasteiger partial charge in [0, 0.05) is 44.6 Å². The first-order valence-corrected chi connectivity index (χ1v) is 11.2. The van der Waals surface area contributed by atoms with Crippen molar-refractivity contribution in [3.8, 4) is 0 Å². The Kier molecular flexibility index (Phi) is 3.44. The monoisotopic (exact) mass is 358 g/mol. The van der Waals surface area contributed by atoms with Crippen LogP contribution in [0.5, 0.6) is 0 Å². The molecule has 0 amide bonds. The summed E-state index contributed by atoms with van der Waals surface area (Å²) in [6, 6.07) is 0. The highest BCUT2D eigenvalue weighted by atomic mass is 16.6. The van der Waals surface area contributed by atoms with Crippen LogP contribution in [-0.2, 0) is 9.53 Å². The molecule has 2 aliphatic heterocycles. The van der Waals surface area contributed by atoms with Gasteiger partial charge in [-0.2, -0.15) is 0 Å². The Hall–Kier alpha value is -0.610. The molecule has 4 heteroatoms. The smallest absolute Gasteiger partial charge is 0.310 e. The topological polar surface area (TPSA) is 32.8 Å². The molecule has 1 unspecified atom stereocenters. The number of carbonyl (C=O) groups is 1. The van der Waals surface area contributed by atoms with Gasteiger partial charge < -0.3 is 9.64 Å². The fraction of sp³-hybridized carbons (Fsp3) is 0.955. The second kappa shape index (κ2) is 5.47. The summed E-state index contributed by atoms with van der Waals surface area (Å²) in [7, 11) is 2.20. The van der Waals surface area contributed by atoms with Crippen molar-refractivity contribution < 1.29 is 9.53 Å². The van der Waals surface area contributed by atoms with Gasteiger partial charge >= 0.3 is 5.97 Å². The van der Waals surface area contributed by atoms with Crippen molar-refractivity contribution >= 4 is 5.97 Å². The SMILES string of the molecule is CN1CCN(CC2C(=O)O[C@@H]3[C@@H]4[C@@H](CCC45CC5)C4(CC[C@@H]23)CC4)CC1. The van der Waals surface area contributed by atoms with Gasteiger partial charge in [-0.05, 0) is 75.2 Å². The molecule has 2 spiro atoms. The lowest BCUT2D eigenvalue weighted by Crippen LogP contribution is -2.47. The third kappa shape index (κ3) is 2.30. The number of rotatable bonds is 2. The molecule has 0 radical (unpaired) electrons. The fourth-order valence-corrected chi connectivity index (χ4v) is 7.58. The molecule has 0 aromatic heterocycles. The van der Waals surface area contributed by atoms with Gasteiger partial charge in [-0.25, -0.2) is 0 Å². The van der Waals surface area contributed by atoms with Gasteiger partial charge in [0.15, 0.2) is 0 Å². The normalized spacial score (nSPS) is 46.0. The van der Waals surface area contributed by atoms with E-state index in [1.807, 2.05) is 0 Å². The molecule has 2 saturated heterocycles. The summed E-state index contributed by atoms with van der Waals surface area (Å²) >= 11 is 0. The summed E-state index contributed by atoms with van der Waals surface area (Å²) in [5.74, 6) is 2.38. The molecule has 144 valence electrons. The highest BCUT2D eigenvalue weighted by molar-refractivity contribution is 5.75. The van der Waals surface area contributed by atoms with E-state index >= 15 is 0 Å². The fourth-order valence-electron chi connectivity index (χ4n) is 7.58. The van der Waals surface area contributed by atoms with E-state index in [9.17, 15) is 4.79 Å². The summed E-state index contributed by atoms with van der Waals surface area (Å²) in [6.45, 7) is 5.43. The summed E-state index contributed by atoms with van der Waals surface area (Å²) in [6.07, 6.45) is 11.5. The van der Waals surface area contributed by atoms with Crippen molar-refractivity contribution in [3.05, 3.63) is 0 Å². The van der Waals surface area contributed by atoms with E-state index in [0.29, 0.717) is 22.7 Å². The standard InChI is InChI=1S/C22H34N2O2/c1-23-10-12-24(13-11-23)14-16-15-2-4-21(6-7-21)17-3-5-22(8-9-22)18(17)19(15)26-20(16)25/h15-19H,2-14H2,1H3/t15-,16?,17+,18-,19-/m0/s1. The summed E-state index contributed by atoms with van der Waals surface area (Å²) in [5.41, 5.74) is 1.24. The second-order valence-corrected chi connectivity index (χ2v) is 10.7. The average Bonchev–Trinajstić information content (AvgIpc) is 3.52. The Morgan fingerprint density at radius 1 is 0.962 bits per heavy atom. The minimum absolute atomic E-state index is 0.145. The zero-order valence-corrected chi connectivity index (χ0v) is 16.3. The lowest BCUT2D eigenvalue weighted by atomic mass is 9.73. The lowest BCUT2D eigenvalue weighted by molar-refractivity contribution is -0.148. The number of likely N-dealkylation sites (N-methyl/N-ethyl adjacent to an activating group) is 1. The van der Waals surface area contributed by atoms with Crippen molar-refractivity contribution in [1.29, 1.82) is 0 Å². The van der Waals surface area contributed by atoms with Gasteiger partial charge in [-0.15, -0.1) is 0 Å². The van der Waals surface area contributed by atoms with Crippen LogP contribution in [0.2, 0.25) is 0 Å². The van der Waals surface area contributed by atoms with E-state index < -0.39 is 0 Å². The summed E-state index contributed by atoms with van der Waals surface area (Å²) in [4.78, 5) is 17.9.